The molecule has 90 valence electrons. The van der Waals surface area contributed by atoms with Gasteiger partial charge in [0.2, 0.25) is 5.91 Å². The van der Waals surface area contributed by atoms with Crippen LogP contribution in [0.15, 0.2) is 0 Å². The fourth-order valence-electron chi connectivity index (χ4n) is 2.52. The van der Waals surface area contributed by atoms with Gasteiger partial charge in [-0.15, -0.1) is 11.8 Å². The molecule has 0 aromatic carbocycles. The van der Waals surface area contributed by atoms with Gasteiger partial charge in [-0.25, -0.2) is 0 Å². The summed E-state index contributed by atoms with van der Waals surface area (Å²) >= 11 is 1.57. The lowest BCUT2D eigenvalue weighted by molar-refractivity contribution is -0.150. The van der Waals surface area contributed by atoms with E-state index in [1.165, 1.54) is 0 Å². The average molecular weight is 243 g/mol. The SMILES string of the molecule is CCOC(=O)[C@H]1CCCC[C@@]12NC(=O)CS2. The molecule has 1 N–H and O–H groups in total. The summed E-state index contributed by atoms with van der Waals surface area (Å²) in [5, 5.41) is 2.98. The number of thioether (sulfide) groups is 1. The zero-order valence-corrected chi connectivity index (χ0v) is 10.3. The highest BCUT2D eigenvalue weighted by molar-refractivity contribution is 8.01. The second kappa shape index (κ2) is 4.65. The summed E-state index contributed by atoms with van der Waals surface area (Å²) in [6.45, 7) is 2.22. The maximum absolute atomic E-state index is 11.9. The number of ether oxygens (including phenoxy) is 1. The molecule has 2 aliphatic rings. The van der Waals surface area contributed by atoms with Gasteiger partial charge < -0.3 is 10.1 Å². The molecule has 1 heterocycles. The maximum Gasteiger partial charge on any atom is 0.312 e. The maximum atomic E-state index is 11.9. The Morgan fingerprint density at radius 2 is 2.44 bits per heavy atom. The Balaban J connectivity index is 2.13. The van der Waals surface area contributed by atoms with E-state index in [1.807, 2.05) is 6.92 Å². The lowest BCUT2D eigenvalue weighted by atomic mass is 9.83. The first-order chi connectivity index (χ1) is 7.68. The summed E-state index contributed by atoms with van der Waals surface area (Å²) in [6.07, 6.45) is 3.82. The first kappa shape index (κ1) is 11.8. The van der Waals surface area contributed by atoms with Crippen molar-refractivity contribution >= 4 is 23.6 Å². The molecule has 0 aromatic heterocycles. The normalized spacial score (nSPS) is 33.8. The van der Waals surface area contributed by atoms with Gasteiger partial charge in [-0.2, -0.15) is 0 Å². The molecule has 2 atom stereocenters. The highest BCUT2D eigenvalue weighted by Gasteiger charge is 2.50. The van der Waals surface area contributed by atoms with Crippen molar-refractivity contribution in [2.24, 2.45) is 5.92 Å². The van der Waals surface area contributed by atoms with E-state index in [-0.39, 0.29) is 22.7 Å². The lowest BCUT2D eigenvalue weighted by Crippen LogP contribution is -2.51. The van der Waals surface area contributed by atoms with Crippen molar-refractivity contribution in [2.45, 2.75) is 37.5 Å². The number of rotatable bonds is 2. The Morgan fingerprint density at radius 3 is 3.06 bits per heavy atom. The second-order valence-corrected chi connectivity index (χ2v) is 5.58. The van der Waals surface area contributed by atoms with Crippen LogP contribution in [0.5, 0.6) is 0 Å². The smallest absolute Gasteiger partial charge is 0.312 e. The standard InChI is InChI=1S/C11H17NO3S/c1-2-15-10(14)8-5-3-4-6-11(8)12-9(13)7-16-11/h8H,2-7H2,1H3,(H,12,13)/t8-,11+/m1/s1. The summed E-state index contributed by atoms with van der Waals surface area (Å²) in [5.41, 5.74) is 0. The van der Waals surface area contributed by atoms with Gasteiger partial charge in [0.25, 0.3) is 0 Å². The Morgan fingerprint density at radius 1 is 1.62 bits per heavy atom. The van der Waals surface area contributed by atoms with Crippen molar-refractivity contribution in [1.82, 2.24) is 5.32 Å². The van der Waals surface area contributed by atoms with E-state index < -0.39 is 0 Å². The Labute approximate surface area is 99.5 Å². The highest BCUT2D eigenvalue weighted by atomic mass is 32.2. The van der Waals surface area contributed by atoms with E-state index in [9.17, 15) is 9.59 Å². The van der Waals surface area contributed by atoms with Crippen molar-refractivity contribution in [2.75, 3.05) is 12.4 Å². The van der Waals surface area contributed by atoms with Gasteiger partial charge in [0, 0.05) is 0 Å². The average Bonchev–Trinajstić information content (AvgIpc) is 2.61. The van der Waals surface area contributed by atoms with Gasteiger partial charge in [-0.05, 0) is 19.8 Å². The Kier molecular flexibility index (Phi) is 3.42. The van der Waals surface area contributed by atoms with Crippen molar-refractivity contribution in [1.29, 1.82) is 0 Å². The number of carbonyl (C=O) groups is 2. The zero-order valence-electron chi connectivity index (χ0n) is 9.45. The third-order valence-electron chi connectivity index (χ3n) is 3.24. The van der Waals surface area contributed by atoms with E-state index in [1.54, 1.807) is 11.8 Å². The molecule has 16 heavy (non-hydrogen) atoms. The second-order valence-electron chi connectivity index (χ2n) is 4.28. The van der Waals surface area contributed by atoms with E-state index in [2.05, 4.69) is 5.32 Å². The minimum absolute atomic E-state index is 0.0428. The molecule has 0 radical (unpaired) electrons. The third kappa shape index (κ3) is 2.05. The van der Waals surface area contributed by atoms with Crippen LogP contribution in [0.1, 0.15) is 32.6 Å². The molecule has 2 rings (SSSR count). The number of nitrogens with one attached hydrogen (secondary N) is 1. The molecule has 1 aliphatic heterocycles. The molecule has 1 amide bonds. The minimum atomic E-state index is -0.373. The number of hydrogen-bond acceptors (Lipinski definition) is 4. The molecule has 0 unspecified atom stereocenters. The van der Waals surface area contributed by atoms with Crippen LogP contribution in [0.3, 0.4) is 0 Å². The van der Waals surface area contributed by atoms with E-state index >= 15 is 0 Å². The largest absolute Gasteiger partial charge is 0.466 e. The number of hydrogen-bond donors (Lipinski definition) is 1. The molecule has 5 heteroatoms. The highest BCUT2D eigenvalue weighted by Crippen LogP contribution is 2.45. The molecule has 2 fully saturated rings. The summed E-state index contributed by atoms with van der Waals surface area (Å²) in [4.78, 5) is 22.9. The predicted octanol–water partition coefficient (Wildman–Crippen LogP) is 1.30. The summed E-state index contributed by atoms with van der Waals surface area (Å²) in [7, 11) is 0. The minimum Gasteiger partial charge on any atom is -0.466 e. The monoisotopic (exact) mass is 243 g/mol. The number of amides is 1. The molecule has 1 saturated heterocycles. The first-order valence-corrected chi connectivity index (χ1v) is 6.78. The van der Waals surface area contributed by atoms with Crippen molar-refractivity contribution in [3.05, 3.63) is 0 Å². The quantitative estimate of drug-likeness (QED) is 0.743. The fourth-order valence-corrected chi connectivity index (χ4v) is 3.87. The van der Waals surface area contributed by atoms with Crippen LogP contribution in [0, 0.1) is 5.92 Å². The van der Waals surface area contributed by atoms with Gasteiger partial charge in [-0.3, -0.25) is 9.59 Å². The summed E-state index contributed by atoms with van der Waals surface area (Å²) in [6, 6.07) is 0. The summed E-state index contributed by atoms with van der Waals surface area (Å²) in [5.74, 6) is 0.186. The predicted molar refractivity (Wildman–Crippen MR) is 61.9 cm³/mol. The van der Waals surface area contributed by atoms with Crippen LogP contribution in [0.4, 0.5) is 0 Å². The van der Waals surface area contributed by atoms with Crippen molar-refractivity contribution in [3.8, 4) is 0 Å². The van der Waals surface area contributed by atoms with Crippen molar-refractivity contribution < 1.29 is 14.3 Å². The number of esters is 1. The molecule has 1 spiro atoms. The topological polar surface area (TPSA) is 55.4 Å². The lowest BCUT2D eigenvalue weighted by Gasteiger charge is -2.38. The molecule has 4 nitrogen and oxygen atoms in total. The third-order valence-corrected chi connectivity index (χ3v) is 4.75. The Bertz CT molecular complexity index is 308. The zero-order chi connectivity index (χ0) is 11.6. The van der Waals surface area contributed by atoms with Crippen LogP contribution >= 0.6 is 11.8 Å². The molecular weight excluding hydrogens is 226 g/mol. The Hall–Kier alpha value is -0.710. The van der Waals surface area contributed by atoms with E-state index in [0.717, 1.165) is 25.7 Å². The van der Waals surface area contributed by atoms with E-state index in [4.69, 9.17) is 4.74 Å². The molecular formula is C11H17NO3S. The fraction of sp³-hybridized carbons (Fsp3) is 0.818. The van der Waals surface area contributed by atoms with E-state index in [0.29, 0.717) is 12.4 Å². The molecule has 1 saturated carbocycles. The van der Waals surface area contributed by atoms with Crippen LogP contribution in [0.2, 0.25) is 0 Å². The van der Waals surface area contributed by atoms with Crippen LogP contribution < -0.4 is 5.32 Å². The summed E-state index contributed by atoms with van der Waals surface area (Å²) < 4.78 is 5.10. The number of carbonyl (C=O) groups excluding carboxylic acids is 2. The van der Waals surface area contributed by atoms with Crippen LogP contribution in [-0.4, -0.2) is 29.1 Å². The molecule has 1 aliphatic carbocycles. The van der Waals surface area contributed by atoms with Crippen molar-refractivity contribution in [3.63, 3.8) is 0 Å². The molecule has 0 bridgehead atoms. The van der Waals surface area contributed by atoms with Gasteiger partial charge >= 0.3 is 5.97 Å². The van der Waals surface area contributed by atoms with Gasteiger partial charge in [-0.1, -0.05) is 12.8 Å². The van der Waals surface area contributed by atoms with Gasteiger partial charge in [0.15, 0.2) is 0 Å². The van der Waals surface area contributed by atoms with Gasteiger partial charge in [0.1, 0.15) is 0 Å². The van der Waals surface area contributed by atoms with Gasteiger partial charge in [0.05, 0.1) is 23.1 Å². The van der Waals surface area contributed by atoms with Crippen LogP contribution in [0.25, 0.3) is 0 Å². The van der Waals surface area contributed by atoms with Crippen LogP contribution in [-0.2, 0) is 14.3 Å². The first-order valence-electron chi connectivity index (χ1n) is 5.79. The molecule has 0 aromatic rings.